The minimum absolute atomic E-state index is 0.255. The second-order valence-electron chi connectivity index (χ2n) is 3.44. The fraction of sp³-hybridized carbons (Fsp3) is 0.200. The lowest BCUT2D eigenvalue weighted by Gasteiger charge is -2.15. The van der Waals surface area contributed by atoms with Crippen LogP contribution in [0.15, 0.2) is 6.07 Å². The van der Waals surface area contributed by atoms with E-state index in [2.05, 4.69) is 0 Å². The summed E-state index contributed by atoms with van der Waals surface area (Å²) in [5.74, 6) is -9.24. The van der Waals surface area contributed by atoms with Crippen LogP contribution in [0.2, 0.25) is 0 Å². The van der Waals surface area contributed by atoms with Crippen molar-refractivity contribution in [1.82, 2.24) is 4.90 Å². The maximum Gasteiger partial charge on any atom is 0.323 e. The predicted octanol–water partition coefficient (Wildman–Crippen LogP) is 0.966. The highest BCUT2D eigenvalue weighted by Gasteiger charge is 2.25. The smallest absolute Gasteiger partial charge is 0.323 e. The van der Waals surface area contributed by atoms with Crippen LogP contribution in [0.1, 0.15) is 10.4 Å². The van der Waals surface area contributed by atoms with Crippen LogP contribution in [0, 0.1) is 17.5 Å². The molecule has 0 aliphatic carbocycles. The largest absolute Gasteiger partial charge is 0.503 e. The molecule has 1 aromatic rings. The minimum atomic E-state index is -1.81. The first kappa shape index (κ1) is 13.8. The van der Waals surface area contributed by atoms with E-state index in [0.29, 0.717) is 4.90 Å². The van der Waals surface area contributed by atoms with Gasteiger partial charge in [-0.15, -0.1) is 0 Å². The Morgan fingerprint density at radius 1 is 1.28 bits per heavy atom. The number of aliphatic carboxylic acids is 1. The van der Waals surface area contributed by atoms with Crippen molar-refractivity contribution < 1.29 is 33.0 Å². The Balaban J connectivity index is 3.18. The van der Waals surface area contributed by atoms with Gasteiger partial charge in [0.15, 0.2) is 17.4 Å². The Morgan fingerprint density at radius 3 is 2.33 bits per heavy atom. The predicted molar refractivity (Wildman–Crippen MR) is 52.6 cm³/mol. The summed E-state index contributed by atoms with van der Waals surface area (Å²) < 4.78 is 39.0. The number of phenolic OH excluding ortho intramolecular Hbond substituents is 1. The number of phenols is 1. The van der Waals surface area contributed by atoms with Gasteiger partial charge in [0.2, 0.25) is 5.82 Å². The number of benzene rings is 1. The molecule has 18 heavy (non-hydrogen) atoms. The van der Waals surface area contributed by atoms with Gasteiger partial charge in [-0.05, 0) is 6.07 Å². The van der Waals surface area contributed by atoms with Crippen molar-refractivity contribution in [1.29, 1.82) is 0 Å². The van der Waals surface area contributed by atoms with Crippen LogP contribution in [-0.4, -0.2) is 40.6 Å². The molecule has 0 saturated heterocycles. The van der Waals surface area contributed by atoms with E-state index in [1.807, 2.05) is 0 Å². The van der Waals surface area contributed by atoms with Gasteiger partial charge < -0.3 is 15.1 Å². The normalized spacial score (nSPS) is 10.2. The zero-order valence-electron chi connectivity index (χ0n) is 9.08. The number of aromatic hydroxyl groups is 1. The Hall–Kier alpha value is -2.25. The van der Waals surface area contributed by atoms with Crippen LogP contribution >= 0.6 is 0 Å². The zero-order chi connectivity index (χ0) is 14.0. The van der Waals surface area contributed by atoms with Crippen molar-refractivity contribution in [2.24, 2.45) is 0 Å². The second-order valence-corrected chi connectivity index (χ2v) is 3.44. The Bertz CT molecular complexity index is 518. The first-order valence-corrected chi connectivity index (χ1v) is 4.59. The lowest BCUT2D eigenvalue weighted by Crippen LogP contribution is -2.32. The van der Waals surface area contributed by atoms with E-state index in [1.54, 1.807) is 0 Å². The van der Waals surface area contributed by atoms with Crippen molar-refractivity contribution in [3.05, 3.63) is 29.1 Å². The molecule has 0 radical (unpaired) electrons. The molecule has 98 valence electrons. The molecule has 0 aliphatic rings. The van der Waals surface area contributed by atoms with Crippen LogP contribution in [0.25, 0.3) is 0 Å². The molecule has 1 aromatic carbocycles. The molecule has 0 aromatic heterocycles. The summed E-state index contributed by atoms with van der Waals surface area (Å²) >= 11 is 0. The summed E-state index contributed by atoms with van der Waals surface area (Å²) in [6.07, 6.45) is 0. The van der Waals surface area contributed by atoms with Gasteiger partial charge in [0, 0.05) is 7.05 Å². The third-order valence-corrected chi connectivity index (χ3v) is 2.08. The van der Waals surface area contributed by atoms with Gasteiger partial charge in [0.25, 0.3) is 5.91 Å². The number of carbonyl (C=O) groups excluding carboxylic acids is 1. The molecule has 1 rings (SSSR count). The summed E-state index contributed by atoms with van der Waals surface area (Å²) in [4.78, 5) is 22.5. The third-order valence-electron chi connectivity index (χ3n) is 2.08. The number of carboxylic acid groups (broad SMARTS) is 1. The van der Waals surface area contributed by atoms with E-state index in [1.165, 1.54) is 0 Å². The number of hydrogen-bond donors (Lipinski definition) is 2. The van der Waals surface area contributed by atoms with E-state index in [0.717, 1.165) is 7.05 Å². The molecule has 2 N–H and O–H groups in total. The molecule has 0 fully saturated rings. The van der Waals surface area contributed by atoms with Crippen LogP contribution in [-0.2, 0) is 4.79 Å². The number of carboxylic acids is 1. The fourth-order valence-electron chi connectivity index (χ4n) is 1.23. The van der Waals surface area contributed by atoms with Crippen LogP contribution in [0.4, 0.5) is 13.2 Å². The standard InChI is InChI=1S/C10H8F3NO4/c1-14(3-6(15)16)10(18)4-2-5(11)8(13)9(17)7(4)12/h2,17H,3H2,1H3,(H,15,16). The van der Waals surface area contributed by atoms with Crippen LogP contribution < -0.4 is 0 Å². The van der Waals surface area contributed by atoms with Gasteiger partial charge >= 0.3 is 5.97 Å². The van der Waals surface area contributed by atoms with Crippen molar-refractivity contribution in [3.8, 4) is 5.75 Å². The molecule has 0 spiro atoms. The molecule has 0 saturated carbocycles. The Morgan fingerprint density at radius 2 is 1.83 bits per heavy atom. The van der Waals surface area contributed by atoms with Crippen LogP contribution in [0.5, 0.6) is 5.75 Å². The average molecular weight is 263 g/mol. The number of amides is 1. The number of likely N-dealkylation sites (N-methyl/N-ethyl adjacent to an activating group) is 1. The summed E-state index contributed by atoms with van der Waals surface area (Å²) in [7, 11) is 1.04. The highest BCUT2D eigenvalue weighted by molar-refractivity contribution is 5.96. The Labute approximate surface area is 99.1 Å². The number of rotatable bonds is 3. The van der Waals surface area contributed by atoms with Crippen molar-refractivity contribution in [3.63, 3.8) is 0 Å². The highest BCUT2D eigenvalue weighted by atomic mass is 19.2. The van der Waals surface area contributed by atoms with Gasteiger partial charge in [-0.3, -0.25) is 9.59 Å². The fourth-order valence-corrected chi connectivity index (χ4v) is 1.23. The maximum absolute atomic E-state index is 13.3. The summed E-state index contributed by atoms with van der Waals surface area (Å²) in [6, 6.07) is 0.255. The van der Waals surface area contributed by atoms with E-state index >= 15 is 0 Å². The highest BCUT2D eigenvalue weighted by Crippen LogP contribution is 2.26. The number of nitrogens with zero attached hydrogens (tertiary/aromatic N) is 1. The second kappa shape index (κ2) is 4.94. The molecule has 0 heterocycles. The quantitative estimate of drug-likeness (QED) is 0.796. The zero-order valence-corrected chi connectivity index (χ0v) is 9.08. The van der Waals surface area contributed by atoms with Crippen molar-refractivity contribution >= 4 is 11.9 Å². The van der Waals surface area contributed by atoms with Gasteiger partial charge in [0.1, 0.15) is 6.54 Å². The van der Waals surface area contributed by atoms with Crippen molar-refractivity contribution in [2.45, 2.75) is 0 Å². The van der Waals surface area contributed by atoms with Crippen LogP contribution in [0.3, 0.4) is 0 Å². The monoisotopic (exact) mass is 263 g/mol. The van der Waals surface area contributed by atoms with Gasteiger partial charge in [-0.2, -0.15) is 4.39 Å². The molecule has 8 heteroatoms. The Kier molecular flexibility index (Phi) is 3.79. The topological polar surface area (TPSA) is 77.8 Å². The lowest BCUT2D eigenvalue weighted by molar-refractivity contribution is -0.137. The summed E-state index contributed by atoms with van der Waals surface area (Å²) in [5, 5.41) is 17.3. The van der Waals surface area contributed by atoms with E-state index < -0.39 is 47.2 Å². The van der Waals surface area contributed by atoms with E-state index in [4.69, 9.17) is 10.2 Å². The number of carbonyl (C=O) groups is 2. The third kappa shape index (κ3) is 2.53. The van der Waals surface area contributed by atoms with Gasteiger partial charge in [-0.25, -0.2) is 8.78 Å². The molecule has 1 amide bonds. The summed E-state index contributed by atoms with van der Waals surface area (Å²) in [6.45, 7) is -0.752. The molecule has 0 bridgehead atoms. The van der Waals surface area contributed by atoms with Crippen molar-refractivity contribution in [2.75, 3.05) is 13.6 Å². The van der Waals surface area contributed by atoms with Gasteiger partial charge in [0.05, 0.1) is 5.56 Å². The van der Waals surface area contributed by atoms with E-state index in [-0.39, 0.29) is 6.07 Å². The number of hydrogen-bond acceptors (Lipinski definition) is 3. The summed E-state index contributed by atoms with van der Waals surface area (Å²) in [5.41, 5.74) is -0.949. The van der Waals surface area contributed by atoms with Gasteiger partial charge in [-0.1, -0.05) is 0 Å². The SMILES string of the molecule is CN(CC(=O)O)C(=O)c1cc(F)c(F)c(O)c1F. The average Bonchev–Trinajstić information content (AvgIpc) is 2.29. The lowest BCUT2D eigenvalue weighted by atomic mass is 10.1. The molecule has 0 unspecified atom stereocenters. The first-order valence-electron chi connectivity index (χ1n) is 4.59. The first-order chi connectivity index (χ1) is 8.25. The molecular weight excluding hydrogens is 255 g/mol. The van der Waals surface area contributed by atoms with E-state index in [9.17, 15) is 22.8 Å². The molecular formula is C10H8F3NO4. The molecule has 5 nitrogen and oxygen atoms in total. The molecule has 0 atom stereocenters. The maximum atomic E-state index is 13.3. The molecule has 0 aliphatic heterocycles. The minimum Gasteiger partial charge on any atom is -0.503 e. The number of halogens is 3.